The minimum absolute atomic E-state index is 0.198. The van der Waals surface area contributed by atoms with Crippen molar-refractivity contribution in [1.29, 1.82) is 0 Å². The lowest BCUT2D eigenvalue weighted by Crippen LogP contribution is -1.96. The summed E-state index contributed by atoms with van der Waals surface area (Å²) in [4.78, 5) is 9.69. The largest absolute Gasteiger partial charge is 0.457 e. The Balaban J connectivity index is 2.18. The van der Waals surface area contributed by atoms with Crippen LogP contribution in [-0.4, -0.2) is 4.92 Å². The molecule has 0 aliphatic carbocycles. The summed E-state index contributed by atoms with van der Waals surface area (Å²) in [5, 5.41) is 10.5. The molecule has 0 amide bonds. The van der Waals surface area contributed by atoms with Gasteiger partial charge in [0, 0.05) is 18.7 Å². The first-order valence-corrected chi connectivity index (χ1v) is 5.51. The van der Waals surface area contributed by atoms with Crippen molar-refractivity contribution >= 4 is 5.69 Å². The normalized spacial score (nSPS) is 10.2. The van der Waals surface area contributed by atoms with Crippen LogP contribution in [-0.2, 0) is 6.54 Å². The van der Waals surface area contributed by atoms with Gasteiger partial charge in [0.1, 0.15) is 11.5 Å². The molecule has 2 rings (SSSR count). The van der Waals surface area contributed by atoms with Gasteiger partial charge in [-0.25, -0.2) is 0 Å². The zero-order valence-corrected chi connectivity index (χ0v) is 9.88. The van der Waals surface area contributed by atoms with Gasteiger partial charge in [0.25, 0.3) is 0 Å². The minimum Gasteiger partial charge on any atom is -0.457 e. The number of nitro benzene ring substituents is 1. The van der Waals surface area contributed by atoms with E-state index < -0.39 is 16.4 Å². The van der Waals surface area contributed by atoms with Crippen molar-refractivity contribution < 1.29 is 14.1 Å². The van der Waals surface area contributed by atoms with Crippen molar-refractivity contribution in [3.8, 4) is 11.5 Å². The van der Waals surface area contributed by atoms with Crippen LogP contribution in [0.4, 0.5) is 10.1 Å². The number of hydrogen-bond acceptors (Lipinski definition) is 4. The lowest BCUT2D eigenvalue weighted by molar-refractivity contribution is -0.387. The Kier molecular flexibility index (Phi) is 3.72. The highest BCUT2D eigenvalue weighted by Gasteiger charge is 2.14. The topological polar surface area (TPSA) is 78.4 Å². The number of rotatable bonds is 4. The molecule has 0 aliphatic heterocycles. The van der Waals surface area contributed by atoms with E-state index in [0.29, 0.717) is 12.3 Å². The first-order chi connectivity index (χ1) is 9.10. The first-order valence-electron chi connectivity index (χ1n) is 5.51. The Morgan fingerprint density at radius 3 is 2.32 bits per heavy atom. The molecule has 0 bridgehead atoms. The van der Waals surface area contributed by atoms with Gasteiger partial charge in [-0.3, -0.25) is 10.1 Å². The summed E-state index contributed by atoms with van der Waals surface area (Å²) in [5.74, 6) is -0.227. The van der Waals surface area contributed by atoms with Crippen LogP contribution in [0, 0.1) is 15.9 Å². The molecule has 19 heavy (non-hydrogen) atoms. The van der Waals surface area contributed by atoms with E-state index in [1.165, 1.54) is 6.07 Å². The van der Waals surface area contributed by atoms with E-state index in [1.54, 1.807) is 24.3 Å². The maximum Gasteiger partial charge on any atom is 0.305 e. The molecule has 2 N–H and O–H groups in total. The van der Waals surface area contributed by atoms with Gasteiger partial charge in [0.05, 0.1) is 4.92 Å². The van der Waals surface area contributed by atoms with E-state index in [2.05, 4.69) is 0 Å². The number of nitrogens with zero attached hydrogens (tertiary/aromatic N) is 1. The van der Waals surface area contributed by atoms with Gasteiger partial charge >= 0.3 is 5.69 Å². The molecule has 0 aromatic heterocycles. The molecular weight excluding hydrogens is 251 g/mol. The summed E-state index contributed by atoms with van der Waals surface area (Å²) in [5.41, 5.74) is 5.83. The molecule has 0 unspecified atom stereocenters. The molecule has 0 atom stereocenters. The van der Waals surface area contributed by atoms with Crippen LogP contribution < -0.4 is 10.5 Å². The molecule has 6 heteroatoms. The Bertz CT molecular complexity index is 599. The highest BCUT2D eigenvalue weighted by Crippen LogP contribution is 2.26. The van der Waals surface area contributed by atoms with Crippen LogP contribution in [0.15, 0.2) is 42.5 Å². The summed E-state index contributed by atoms with van der Waals surface area (Å²) in [6.07, 6.45) is 0. The fraction of sp³-hybridized carbons (Fsp3) is 0.0769. The predicted octanol–water partition coefficient (Wildman–Crippen LogP) is 2.98. The summed E-state index contributed by atoms with van der Waals surface area (Å²) < 4.78 is 18.8. The van der Waals surface area contributed by atoms with Gasteiger partial charge in [-0.15, -0.1) is 0 Å². The summed E-state index contributed by atoms with van der Waals surface area (Å²) in [6, 6.07) is 10.4. The standard InChI is InChI=1S/C13H11FN2O3/c14-12-7-11(5-6-13(12)16(17)18)19-10-3-1-9(8-15)2-4-10/h1-7H,8,15H2. The van der Waals surface area contributed by atoms with Crippen LogP contribution in [0.3, 0.4) is 0 Å². The zero-order valence-electron chi connectivity index (χ0n) is 9.88. The molecular formula is C13H11FN2O3. The van der Waals surface area contributed by atoms with Gasteiger partial charge in [-0.05, 0) is 23.8 Å². The maximum absolute atomic E-state index is 13.4. The molecule has 0 spiro atoms. The van der Waals surface area contributed by atoms with Crippen LogP contribution in [0.1, 0.15) is 5.56 Å². The van der Waals surface area contributed by atoms with Gasteiger partial charge in [0.2, 0.25) is 5.82 Å². The minimum atomic E-state index is -0.930. The van der Waals surface area contributed by atoms with Gasteiger partial charge in [-0.1, -0.05) is 12.1 Å². The highest BCUT2D eigenvalue weighted by molar-refractivity contribution is 5.40. The third-order valence-corrected chi connectivity index (χ3v) is 2.51. The summed E-state index contributed by atoms with van der Waals surface area (Å²) >= 11 is 0. The number of nitrogens with two attached hydrogens (primary N) is 1. The number of hydrogen-bond donors (Lipinski definition) is 1. The summed E-state index contributed by atoms with van der Waals surface area (Å²) in [6.45, 7) is 0.423. The average Bonchev–Trinajstić information content (AvgIpc) is 2.39. The second-order valence-corrected chi connectivity index (χ2v) is 3.82. The molecule has 2 aromatic carbocycles. The molecule has 0 heterocycles. The van der Waals surface area contributed by atoms with Crippen molar-refractivity contribution in [2.45, 2.75) is 6.54 Å². The fourth-order valence-corrected chi connectivity index (χ4v) is 1.53. The van der Waals surface area contributed by atoms with Crippen molar-refractivity contribution in [2.75, 3.05) is 0 Å². The van der Waals surface area contributed by atoms with Crippen molar-refractivity contribution in [2.24, 2.45) is 5.73 Å². The molecule has 5 nitrogen and oxygen atoms in total. The van der Waals surface area contributed by atoms with Crippen LogP contribution in [0.25, 0.3) is 0 Å². The lowest BCUT2D eigenvalue weighted by Gasteiger charge is -2.06. The van der Waals surface area contributed by atoms with Crippen molar-refractivity contribution in [3.63, 3.8) is 0 Å². The fourth-order valence-electron chi connectivity index (χ4n) is 1.53. The molecule has 0 fully saturated rings. The second kappa shape index (κ2) is 5.45. The lowest BCUT2D eigenvalue weighted by atomic mass is 10.2. The Hall–Kier alpha value is -2.47. The van der Waals surface area contributed by atoms with Crippen LogP contribution >= 0.6 is 0 Å². The Morgan fingerprint density at radius 2 is 1.79 bits per heavy atom. The molecule has 0 radical (unpaired) electrons. The number of benzene rings is 2. The highest BCUT2D eigenvalue weighted by atomic mass is 19.1. The molecule has 0 aliphatic rings. The van der Waals surface area contributed by atoms with Crippen LogP contribution in [0.5, 0.6) is 11.5 Å². The van der Waals surface area contributed by atoms with E-state index in [4.69, 9.17) is 10.5 Å². The van der Waals surface area contributed by atoms with Crippen molar-refractivity contribution in [3.05, 3.63) is 64.0 Å². The van der Waals surface area contributed by atoms with Gasteiger partial charge in [-0.2, -0.15) is 4.39 Å². The quantitative estimate of drug-likeness (QED) is 0.678. The molecule has 0 saturated heterocycles. The van der Waals surface area contributed by atoms with Crippen LogP contribution in [0.2, 0.25) is 0 Å². The Labute approximate surface area is 108 Å². The number of nitro groups is 1. The predicted molar refractivity (Wildman–Crippen MR) is 67.5 cm³/mol. The average molecular weight is 262 g/mol. The number of ether oxygens (including phenoxy) is 1. The SMILES string of the molecule is NCc1ccc(Oc2ccc([N+](=O)[O-])c(F)c2)cc1. The number of halogens is 1. The third kappa shape index (κ3) is 3.05. The summed E-state index contributed by atoms with van der Waals surface area (Å²) in [7, 11) is 0. The molecule has 98 valence electrons. The van der Waals surface area contributed by atoms with Gasteiger partial charge < -0.3 is 10.5 Å². The van der Waals surface area contributed by atoms with Crippen molar-refractivity contribution in [1.82, 2.24) is 0 Å². The van der Waals surface area contributed by atoms with E-state index >= 15 is 0 Å². The van der Waals surface area contributed by atoms with E-state index in [9.17, 15) is 14.5 Å². The maximum atomic E-state index is 13.4. The van der Waals surface area contributed by atoms with E-state index in [1.807, 2.05) is 0 Å². The monoisotopic (exact) mass is 262 g/mol. The molecule has 2 aromatic rings. The zero-order chi connectivity index (χ0) is 13.8. The third-order valence-electron chi connectivity index (χ3n) is 2.51. The molecule has 0 saturated carbocycles. The van der Waals surface area contributed by atoms with E-state index in [0.717, 1.165) is 17.7 Å². The van der Waals surface area contributed by atoms with Gasteiger partial charge in [0.15, 0.2) is 0 Å². The van der Waals surface area contributed by atoms with E-state index in [-0.39, 0.29) is 5.75 Å². The second-order valence-electron chi connectivity index (χ2n) is 3.82. The first kappa shape index (κ1) is 13.0. The smallest absolute Gasteiger partial charge is 0.305 e. The Morgan fingerprint density at radius 1 is 1.16 bits per heavy atom.